The number of benzene rings is 3. The Morgan fingerprint density at radius 1 is 0.811 bits per heavy atom. The number of hydrogen-bond donors (Lipinski definition) is 0. The molecule has 0 atom stereocenters. The molecule has 0 saturated carbocycles. The van der Waals surface area contributed by atoms with Crippen molar-refractivity contribution in [2.45, 2.75) is 66.8 Å². The first-order valence-corrected chi connectivity index (χ1v) is 13.3. The van der Waals surface area contributed by atoms with Crippen LogP contribution in [-0.2, 0) is 27.0 Å². The van der Waals surface area contributed by atoms with Crippen molar-refractivity contribution in [3.05, 3.63) is 101 Å². The third kappa shape index (κ3) is 8.18. The molecule has 0 bridgehead atoms. The Morgan fingerprint density at radius 3 is 1.81 bits per heavy atom. The molecule has 204 valence electrons. The maximum Gasteiger partial charge on any atom is 0.0156 e. The van der Waals surface area contributed by atoms with Gasteiger partial charge in [-0.15, -0.1) is 5.56 Å². The fourth-order valence-corrected chi connectivity index (χ4v) is 5.18. The summed E-state index contributed by atoms with van der Waals surface area (Å²) in [5.74, 6) is 1.04. The van der Waals surface area contributed by atoms with E-state index in [1.807, 2.05) is 18.2 Å². The van der Waals surface area contributed by atoms with Crippen molar-refractivity contribution >= 4 is 11.4 Å². The molecule has 0 amide bonds. The maximum absolute atomic E-state index is 3.16. The second-order valence-electron chi connectivity index (χ2n) is 11.0. The van der Waals surface area contributed by atoms with Crippen LogP contribution in [0.15, 0.2) is 54.6 Å². The Kier molecular flexibility index (Phi) is 11.9. The fraction of sp³-hybridized carbons (Fsp3) is 0.424. The molecule has 1 saturated heterocycles. The number of anilines is 2. The van der Waals surface area contributed by atoms with Crippen molar-refractivity contribution in [3.8, 4) is 0 Å². The summed E-state index contributed by atoms with van der Waals surface area (Å²) in [6, 6.07) is 22.6. The van der Waals surface area contributed by atoms with Crippen molar-refractivity contribution < 1.29 is 20.4 Å². The van der Waals surface area contributed by atoms with Gasteiger partial charge in [-0.2, -0.15) is 37.0 Å². The van der Waals surface area contributed by atoms with Crippen LogP contribution in [0.4, 0.5) is 11.4 Å². The van der Waals surface area contributed by atoms with Crippen molar-refractivity contribution in [1.82, 2.24) is 4.90 Å². The van der Waals surface area contributed by atoms with E-state index in [9.17, 15) is 0 Å². The quantitative estimate of drug-likeness (QED) is 0.214. The van der Waals surface area contributed by atoms with Gasteiger partial charge in [-0.1, -0.05) is 63.6 Å². The standard InChI is InChI=1S/C24H33N2.C9H12N.Pd/c1-16(2)21-9-8-10-22(17(3)4)24(21)26-12-11-25(15-26)23-19(6)13-18(5)14-20(23)7;1-10(2)8-9-6-4-3-5-7-9;/h8-10,13-17H,11-12H2,1-7H3;3-6H,8H2,1-2H3;/q2*-1;. The van der Waals surface area contributed by atoms with Crippen LogP contribution in [0.3, 0.4) is 0 Å². The van der Waals surface area contributed by atoms with Crippen LogP contribution in [0.5, 0.6) is 0 Å². The summed E-state index contributed by atoms with van der Waals surface area (Å²) in [5, 5.41) is 0. The molecule has 0 unspecified atom stereocenters. The van der Waals surface area contributed by atoms with E-state index in [4.69, 9.17) is 0 Å². The van der Waals surface area contributed by atoms with E-state index >= 15 is 0 Å². The van der Waals surface area contributed by atoms with Gasteiger partial charge in [-0.05, 0) is 69.0 Å². The maximum atomic E-state index is 3.16. The number of para-hydroxylation sites is 1. The van der Waals surface area contributed by atoms with Crippen molar-refractivity contribution in [3.63, 3.8) is 0 Å². The predicted octanol–water partition coefficient (Wildman–Crippen LogP) is 7.85. The largest absolute Gasteiger partial charge is 0.502 e. The molecule has 1 heterocycles. The van der Waals surface area contributed by atoms with E-state index in [0.717, 1.165) is 19.6 Å². The number of nitrogens with zero attached hydrogens (tertiary/aromatic N) is 3. The average molecular weight is 590 g/mol. The third-order valence-corrected chi connectivity index (χ3v) is 6.67. The average Bonchev–Trinajstić information content (AvgIpc) is 3.27. The van der Waals surface area contributed by atoms with Gasteiger partial charge >= 0.3 is 0 Å². The summed E-state index contributed by atoms with van der Waals surface area (Å²) in [6.07, 6.45) is 0. The molecule has 0 aromatic heterocycles. The van der Waals surface area contributed by atoms with E-state index in [1.165, 1.54) is 44.8 Å². The van der Waals surface area contributed by atoms with Gasteiger partial charge in [-0.25, -0.2) is 0 Å². The van der Waals surface area contributed by atoms with E-state index in [1.54, 1.807) is 0 Å². The first kappa shape index (κ1) is 31.1. The van der Waals surface area contributed by atoms with Crippen LogP contribution in [0.1, 0.15) is 72.9 Å². The fourth-order valence-electron chi connectivity index (χ4n) is 5.18. The zero-order valence-electron chi connectivity index (χ0n) is 24.2. The Morgan fingerprint density at radius 2 is 1.35 bits per heavy atom. The SMILES string of the molecule is CN(C)Cc1[c-]cccc1.Cc1cc(C)c(N2[CH-]N(c3c(C(C)C)cccc3C(C)C)CC2)c(C)c1.[Pd]. The van der Waals surface area contributed by atoms with Crippen LogP contribution in [0, 0.1) is 33.5 Å². The van der Waals surface area contributed by atoms with Crippen LogP contribution in [-0.4, -0.2) is 32.1 Å². The van der Waals surface area contributed by atoms with Crippen molar-refractivity contribution in [2.24, 2.45) is 0 Å². The zero-order valence-corrected chi connectivity index (χ0v) is 25.8. The van der Waals surface area contributed by atoms with Gasteiger partial charge in [0.2, 0.25) is 0 Å². The number of aryl methyl sites for hydroxylation is 3. The number of hydrogen-bond acceptors (Lipinski definition) is 3. The molecule has 0 spiro atoms. The first-order valence-electron chi connectivity index (χ1n) is 13.3. The summed E-state index contributed by atoms with van der Waals surface area (Å²) >= 11 is 0. The van der Waals surface area contributed by atoms with E-state index in [2.05, 4.69) is 126 Å². The topological polar surface area (TPSA) is 9.72 Å². The molecule has 1 aliphatic rings. The molecule has 0 aliphatic carbocycles. The monoisotopic (exact) mass is 589 g/mol. The Labute approximate surface area is 240 Å². The normalized spacial score (nSPS) is 13.2. The molecule has 0 radical (unpaired) electrons. The van der Waals surface area contributed by atoms with Crippen molar-refractivity contribution in [2.75, 3.05) is 37.0 Å². The molecular weight excluding hydrogens is 545 g/mol. The van der Waals surface area contributed by atoms with Gasteiger partial charge < -0.3 is 14.7 Å². The molecule has 3 aromatic carbocycles. The van der Waals surface area contributed by atoms with Crippen LogP contribution in [0.25, 0.3) is 0 Å². The predicted molar refractivity (Wildman–Crippen MR) is 157 cm³/mol. The van der Waals surface area contributed by atoms with Crippen molar-refractivity contribution in [1.29, 1.82) is 0 Å². The van der Waals surface area contributed by atoms with Crippen LogP contribution in [0.2, 0.25) is 0 Å². The van der Waals surface area contributed by atoms with Gasteiger partial charge in [0, 0.05) is 51.4 Å². The van der Waals surface area contributed by atoms with Gasteiger partial charge in [-0.3, -0.25) is 0 Å². The second-order valence-corrected chi connectivity index (χ2v) is 11.0. The second kappa shape index (κ2) is 14.2. The molecule has 4 rings (SSSR count). The molecule has 4 heteroatoms. The molecule has 3 nitrogen and oxygen atoms in total. The summed E-state index contributed by atoms with van der Waals surface area (Å²) in [6.45, 7) is 21.2. The van der Waals surface area contributed by atoms with E-state index < -0.39 is 0 Å². The van der Waals surface area contributed by atoms with Gasteiger partial charge in [0.25, 0.3) is 0 Å². The third-order valence-electron chi connectivity index (χ3n) is 6.67. The van der Waals surface area contributed by atoms with Gasteiger partial charge in [0.15, 0.2) is 0 Å². The smallest absolute Gasteiger partial charge is 0.0156 e. The summed E-state index contributed by atoms with van der Waals surface area (Å²) in [5.41, 5.74) is 11.0. The molecule has 3 aromatic rings. The Balaban J connectivity index is 0.000000369. The summed E-state index contributed by atoms with van der Waals surface area (Å²) in [7, 11) is 4.11. The first-order chi connectivity index (χ1) is 17.1. The minimum Gasteiger partial charge on any atom is -0.502 e. The Hall–Kier alpha value is -2.12. The minimum atomic E-state index is 0. The van der Waals surface area contributed by atoms with E-state index in [-0.39, 0.29) is 20.4 Å². The summed E-state index contributed by atoms with van der Waals surface area (Å²) < 4.78 is 0. The molecule has 37 heavy (non-hydrogen) atoms. The molecule has 1 aliphatic heterocycles. The van der Waals surface area contributed by atoms with Crippen LogP contribution < -0.4 is 9.80 Å². The van der Waals surface area contributed by atoms with Gasteiger partial charge in [0.1, 0.15) is 0 Å². The Bertz CT molecular complexity index is 1070. The van der Waals surface area contributed by atoms with Gasteiger partial charge in [0.05, 0.1) is 0 Å². The molecule has 1 fully saturated rings. The number of rotatable bonds is 6. The van der Waals surface area contributed by atoms with Crippen LogP contribution >= 0.6 is 0 Å². The minimum absolute atomic E-state index is 0. The summed E-state index contributed by atoms with van der Waals surface area (Å²) in [4.78, 5) is 7.04. The molecular formula is C33H45N3Pd-2. The molecule has 0 N–H and O–H groups in total. The zero-order chi connectivity index (χ0) is 26.4. The van der Waals surface area contributed by atoms with E-state index in [0.29, 0.717) is 11.8 Å².